The molecule has 7 heteroatoms. The van der Waals surface area contributed by atoms with Gasteiger partial charge in [-0.1, -0.05) is 54.9 Å². The van der Waals surface area contributed by atoms with Crippen molar-refractivity contribution in [3.8, 4) is 0 Å². The number of hydroxylamine groups is 1. The minimum Gasteiger partial charge on any atom is -0.368 e. The van der Waals surface area contributed by atoms with E-state index < -0.39 is 46.7 Å². The number of Topliss-reactive ketones (excluding diaryl/α,β-unsaturated/α-hetero) is 3. The average Bonchev–Trinajstić information content (AvgIpc) is 2.81. The predicted molar refractivity (Wildman–Crippen MR) is 111 cm³/mol. The van der Waals surface area contributed by atoms with Crippen LogP contribution in [-0.2, 0) is 24.0 Å². The Labute approximate surface area is 174 Å². The smallest absolute Gasteiger partial charge is 0.344 e. The molecular formula is C22H38N2O5. The summed E-state index contributed by atoms with van der Waals surface area (Å²) in [4.78, 5) is 55.8. The minimum atomic E-state index is -1.83. The van der Waals surface area contributed by atoms with Gasteiger partial charge in [0.2, 0.25) is 11.6 Å². The molecule has 1 aliphatic rings. The molecule has 3 N–H and O–H groups in total. The van der Waals surface area contributed by atoms with Gasteiger partial charge in [-0.05, 0) is 42.9 Å². The van der Waals surface area contributed by atoms with E-state index in [1.54, 1.807) is 0 Å². The van der Waals surface area contributed by atoms with Crippen molar-refractivity contribution in [3.05, 3.63) is 0 Å². The summed E-state index contributed by atoms with van der Waals surface area (Å²) in [6.45, 7) is 13.6. The lowest BCUT2D eigenvalue weighted by Crippen LogP contribution is -2.63. The third-order valence-corrected chi connectivity index (χ3v) is 5.82. The SMILES string of the molecule is CCC(C(C)C)C1(NOC(=O)[C@](N)(CCC(C)C)CC(C)C)C(=O)CC(=O)C1=O. The molecule has 0 aromatic heterocycles. The van der Waals surface area contributed by atoms with Crippen LogP contribution in [0.2, 0.25) is 0 Å². The molecule has 166 valence electrons. The summed E-state index contributed by atoms with van der Waals surface area (Å²) in [5.41, 5.74) is 5.84. The van der Waals surface area contributed by atoms with Gasteiger partial charge in [-0.25, -0.2) is 4.79 Å². The Kier molecular flexibility index (Phi) is 8.72. The number of rotatable bonds is 11. The Morgan fingerprint density at radius 1 is 1.14 bits per heavy atom. The summed E-state index contributed by atoms with van der Waals surface area (Å²) in [5, 5.41) is 0. The normalized spacial score (nSPS) is 23.2. The fraction of sp³-hybridized carbons (Fsp3) is 0.818. The van der Waals surface area contributed by atoms with Crippen LogP contribution in [0.4, 0.5) is 0 Å². The van der Waals surface area contributed by atoms with E-state index in [-0.39, 0.29) is 11.8 Å². The fourth-order valence-corrected chi connectivity index (χ4v) is 4.33. The Morgan fingerprint density at radius 2 is 1.72 bits per heavy atom. The van der Waals surface area contributed by atoms with Crippen LogP contribution >= 0.6 is 0 Å². The monoisotopic (exact) mass is 410 g/mol. The van der Waals surface area contributed by atoms with E-state index in [9.17, 15) is 19.2 Å². The zero-order valence-corrected chi connectivity index (χ0v) is 19.0. The maximum atomic E-state index is 13.0. The number of nitrogens with two attached hydrogens (primary N) is 1. The molecule has 1 rings (SSSR count). The maximum absolute atomic E-state index is 13.0. The second-order valence-corrected chi connectivity index (χ2v) is 9.60. The molecule has 0 aromatic rings. The molecule has 0 aliphatic heterocycles. The second-order valence-electron chi connectivity index (χ2n) is 9.60. The van der Waals surface area contributed by atoms with Crippen LogP contribution in [-0.4, -0.2) is 34.4 Å². The molecule has 0 radical (unpaired) electrons. The summed E-state index contributed by atoms with van der Waals surface area (Å²) in [6, 6.07) is 0. The van der Waals surface area contributed by atoms with Crippen LogP contribution in [0.3, 0.4) is 0 Å². The lowest BCUT2D eigenvalue weighted by molar-refractivity contribution is -0.170. The van der Waals surface area contributed by atoms with Crippen molar-refractivity contribution in [2.24, 2.45) is 29.4 Å². The van der Waals surface area contributed by atoms with Gasteiger partial charge in [0.25, 0.3) is 0 Å². The van der Waals surface area contributed by atoms with Crippen LogP contribution in [0.5, 0.6) is 0 Å². The van der Waals surface area contributed by atoms with Gasteiger partial charge >= 0.3 is 5.97 Å². The van der Waals surface area contributed by atoms with Crippen LogP contribution < -0.4 is 11.2 Å². The lowest BCUT2D eigenvalue weighted by Gasteiger charge is -2.37. The molecule has 0 aromatic carbocycles. The first-order valence-electron chi connectivity index (χ1n) is 10.7. The lowest BCUT2D eigenvalue weighted by atomic mass is 9.73. The molecule has 0 bridgehead atoms. The van der Waals surface area contributed by atoms with Gasteiger partial charge in [0.05, 0.1) is 6.42 Å². The topological polar surface area (TPSA) is 116 Å². The van der Waals surface area contributed by atoms with E-state index in [1.807, 2.05) is 48.5 Å². The minimum absolute atomic E-state index is 0.0794. The van der Waals surface area contributed by atoms with Crippen LogP contribution in [0.25, 0.3) is 0 Å². The quantitative estimate of drug-likeness (QED) is 0.306. The third-order valence-electron chi connectivity index (χ3n) is 5.82. The Hall–Kier alpha value is -1.60. The molecule has 0 saturated heterocycles. The van der Waals surface area contributed by atoms with Gasteiger partial charge in [0.15, 0.2) is 11.3 Å². The van der Waals surface area contributed by atoms with Crippen molar-refractivity contribution in [1.29, 1.82) is 0 Å². The molecule has 2 unspecified atom stereocenters. The highest BCUT2D eigenvalue weighted by Gasteiger charge is 2.60. The number of nitrogens with one attached hydrogen (secondary N) is 1. The van der Waals surface area contributed by atoms with Gasteiger partial charge in [-0.2, -0.15) is 0 Å². The molecule has 3 atom stereocenters. The number of carbonyl (C=O) groups is 4. The number of hydrogen-bond donors (Lipinski definition) is 2. The molecule has 29 heavy (non-hydrogen) atoms. The van der Waals surface area contributed by atoms with Crippen molar-refractivity contribution in [2.45, 2.75) is 91.6 Å². The van der Waals surface area contributed by atoms with Crippen molar-refractivity contribution in [3.63, 3.8) is 0 Å². The molecular weight excluding hydrogens is 372 g/mol. The molecule has 1 aliphatic carbocycles. The molecule has 0 spiro atoms. The Morgan fingerprint density at radius 3 is 2.10 bits per heavy atom. The van der Waals surface area contributed by atoms with Crippen molar-refractivity contribution < 1.29 is 24.0 Å². The van der Waals surface area contributed by atoms with Gasteiger partial charge in [-0.15, -0.1) is 5.48 Å². The molecule has 0 heterocycles. The van der Waals surface area contributed by atoms with Crippen molar-refractivity contribution in [2.75, 3.05) is 0 Å². The van der Waals surface area contributed by atoms with E-state index in [2.05, 4.69) is 5.48 Å². The van der Waals surface area contributed by atoms with Crippen LogP contribution in [0, 0.1) is 23.7 Å². The highest BCUT2D eigenvalue weighted by atomic mass is 16.7. The fourth-order valence-electron chi connectivity index (χ4n) is 4.33. The average molecular weight is 411 g/mol. The van der Waals surface area contributed by atoms with E-state index in [0.717, 1.165) is 6.42 Å². The first kappa shape index (κ1) is 25.4. The van der Waals surface area contributed by atoms with Gasteiger partial charge < -0.3 is 10.6 Å². The summed E-state index contributed by atoms with van der Waals surface area (Å²) in [5.74, 6) is -2.87. The standard InChI is InChI=1S/C22H38N2O5/c1-8-16(15(6)7)22(18(26)11-17(25)19(22)27)24-29-20(28)21(23,12-14(4)5)10-9-13(2)3/h13-16,24H,8-12,23H2,1-7H3/t16?,21-,22?/m0/s1. The van der Waals surface area contributed by atoms with E-state index >= 15 is 0 Å². The Balaban J connectivity index is 3.17. The number of carbonyl (C=O) groups excluding carboxylic acids is 4. The molecule has 0 amide bonds. The van der Waals surface area contributed by atoms with Gasteiger partial charge in [0.1, 0.15) is 5.54 Å². The molecule has 7 nitrogen and oxygen atoms in total. The highest BCUT2D eigenvalue weighted by Crippen LogP contribution is 2.36. The zero-order chi connectivity index (χ0) is 22.6. The maximum Gasteiger partial charge on any atom is 0.344 e. The van der Waals surface area contributed by atoms with Crippen molar-refractivity contribution >= 4 is 23.3 Å². The predicted octanol–water partition coefficient (Wildman–Crippen LogP) is 2.75. The first-order valence-corrected chi connectivity index (χ1v) is 10.7. The van der Waals surface area contributed by atoms with Crippen molar-refractivity contribution in [1.82, 2.24) is 5.48 Å². The summed E-state index contributed by atoms with van der Waals surface area (Å²) in [7, 11) is 0. The Bertz CT molecular complexity index is 643. The zero-order valence-electron chi connectivity index (χ0n) is 19.0. The highest BCUT2D eigenvalue weighted by molar-refractivity contribution is 6.54. The largest absolute Gasteiger partial charge is 0.368 e. The third kappa shape index (κ3) is 5.51. The van der Waals surface area contributed by atoms with E-state index in [1.165, 1.54) is 0 Å². The van der Waals surface area contributed by atoms with Crippen LogP contribution in [0.15, 0.2) is 0 Å². The first-order chi connectivity index (χ1) is 13.3. The number of hydrogen-bond acceptors (Lipinski definition) is 7. The molecule has 1 saturated carbocycles. The van der Waals surface area contributed by atoms with Gasteiger partial charge in [-0.3, -0.25) is 14.4 Å². The summed E-state index contributed by atoms with van der Waals surface area (Å²) < 4.78 is 0. The molecule has 1 fully saturated rings. The second kappa shape index (κ2) is 9.94. The van der Waals surface area contributed by atoms with E-state index in [4.69, 9.17) is 10.6 Å². The number of ketones is 3. The summed E-state index contributed by atoms with van der Waals surface area (Å²) >= 11 is 0. The van der Waals surface area contributed by atoms with E-state index in [0.29, 0.717) is 25.2 Å². The van der Waals surface area contributed by atoms with Gasteiger partial charge in [0, 0.05) is 0 Å². The van der Waals surface area contributed by atoms with Crippen LogP contribution in [0.1, 0.15) is 80.6 Å². The summed E-state index contributed by atoms with van der Waals surface area (Å²) in [6.07, 6.45) is 1.58.